The van der Waals surface area contributed by atoms with Gasteiger partial charge in [-0.25, -0.2) is 4.99 Å². The van der Waals surface area contributed by atoms with Crippen LogP contribution in [0.25, 0.3) is 0 Å². The van der Waals surface area contributed by atoms with Crippen LogP contribution in [-0.2, 0) is 9.47 Å². The van der Waals surface area contributed by atoms with Crippen LogP contribution in [0.2, 0.25) is 0 Å². The first-order valence-electron chi connectivity index (χ1n) is 8.19. The average molecular weight is 331 g/mol. The summed E-state index contributed by atoms with van der Waals surface area (Å²) in [5.74, 6) is 0.774. The zero-order valence-corrected chi connectivity index (χ0v) is 13.6. The van der Waals surface area contributed by atoms with Crippen molar-refractivity contribution in [1.29, 1.82) is 5.26 Å². The second kappa shape index (κ2) is 6.70. The lowest BCUT2D eigenvalue weighted by molar-refractivity contribution is 0.251. The molecule has 25 heavy (non-hydrogen) atoms. The molecule has 1 saturated heterocycles. The molecular formula is C20H17N3O2. The highest BCUT2D eigenvalue weighted by Crippen LogP contribution is 2.28. The number of aliphatic imine (C=N–C) groups is 1. The van der Waals surface area contributed by atoms with Crippen LogP contribution in [0.4, 0.5) is 0 Å². The first-order valence-corrected chi connectivity index (χ1v) is 8.19. The van der Waals surface area contributed by atoms with Gasteiger partial charge in [0.1, 0.15) is 25.3 Å². The summed E-state index contributed by atoms with van der Waals surface area (Å²) < 4.78 is 11.4. The van der Waals surface area contributed by atoms with Gasteiger partial charge in [0.05, 0.1) is 6.04 Å². The number of ether oxygens (including phenoxy) is 2. The van der Waals surface area contributed by atoms with Gasteiger partial charge in [-0.05, 0) is 11.1 Å². The molecule has 0 bridgehead atoms. The lowest BCUT2D eigenvalue weighted by Gasteiger charge is -2.08. The van der Waals surface area contributed by atoms with Crippen LogP contribution in [0, 0.1) is 11.3 Å². The van der Waals surface area contributed by atoms with Crippen LogP contribution in [-0.4, -0.2) is 19.1 Å². The minimum Gasteiger partial charge on any atom is -0.476 e. The van der Waals surface area contributed by atoms with Gasteiger partial charge in [0, 0.05) is 0 Å². The zero-order valence-electron chi connectivity index (χ0n) is 13.6. The molecule has 2 aromatic rings. The Labute approximate surface area is 146 Å². The van der Waals surface area contributed by atoms with Crippen molar-refractivity contribution in [2.24, 2.45) is 4.99 Å². The molecule has 1 N–H and O–H groups in total. The molecule has 2 aliphatic heterocycles. The van der Waals surface area contributed by atoms with Crippen molar-refractivity contribution in [2.45, 2.75) is 12.1 Å². The molecule has 2 heterocycles. The smallest absolute Gasteiger partial charge is 0.233 e. The maximum absolute atomic E-state index is 9.57. The van der Waals surface area contributed by atoms with Gasteiger partial charge in [0.25, 0.3) is 0 Å². The third-order valence-electron chi connectivity index (χ3n) is 4.29. The normalized spacial score (nSPS) is 23.7. The maximum Gasteiger partial charge on any atom is 0.233 e. The summed E-state index contributed by atoms with van der Waals surface area (Å²) in [4.78, 5) is 4.57. The highest BCUT2D eigenvalue weighted by Gasteiger charge is 2.30. The molecule has 1 fully saturated rings. The molecule has 2 aromatic carbocycles. The molecule has 124 valence electrons. The van der Waals surface area contributed by atoms with Crippen molar-refractivity contribution >= 4 is 5.90 Å². The van der Waals surface area contributed by atoms with Gasteiger partial charge in [-0.1, -0.05) is 60.7 Å². The quantitative estimate of drug-likeness (QED) is 0.877. The van der Waals surface area contributed by atoms with E-state index >= 15 is 0 Å². The Hall–Kier alpha value is -3.26. The lowest BCUT2D eigenvalue weighted by atomic mass is 10.1. The third-order valence-corrected chi connectivity index (χ3v) is 4.29. The highest BCUT2D eigenvalue weighted by atomic mass is 16.5. The van der Waals surface area contributed by atoms with Crippen LogP contribution in [0.5, 0.6) is 0 Å². The first-order chi connectivity index (χ1) is 12.3. The molecule has 2 atom stereocenters. The molecule has 4 rings (SSSR count). The van der Waals surface area contributed by atoms with Crippen molar-refractivity contribution in [1.82, 2.24) is 5.32 Å². The van der Waals surface area contributed by atoms with Gasteiger partial charge in [-0.3, -0.25) is 0 Å². The van der Waals surface area contributed by atoms with Crippen molar-refractivity contribution in [3.8, 4) is 6.07 Å². The maximum atomic E-state index is 9.57. The summed E-state index contributed by atoms with van der Waals surface area (Å²) in [5, 5.41) is 12.8. The minimum absolute atomic E-state index is 0.0199. The van der Waals surface area contributed by atoms with E-state index in [1.54, 1.807) is 0 Å². The molecule has 5 nitrogen and oxygen atoms in total. The largest absolute Gasteiger partial charge is 0.476 e. The number of nitriles is 1. The van der Waals surface area contributed by atoms with Gasteiger partial charge < -0.3 is 14.8 Å². The molecule has 0 aromatic heterocycles. The molecule has 0 radical (unpaired) electrons. The molecule has 0 saturated carbocycles. The Kier molecular flexibility index (Phi) is 4.09. The molecule has 0 aliphatic carbocycles. The first kappa shape index (κ1) is 15.3. The number of nitrogens with zero attached hydrogens (tertiary/aromatic N) is 2. The monoisotopic (exact) mass is 331 g/mol. The Morgan fingerprint density at radius 2 is 1.64 bits per heavy atom. The molecule has 0 amide bonds. The summed E-state index contributed by atoms with van der Waals surface area (Å²) in [6.07, 6.45) is 0. The summed E-state index contributed by atoms with van der Waals surface area (Å²) in [7, 11) is 0. The molecule has 2 aliphatic rings. The van der Waals surface area contributed by atoms with Crippen LogP contribution >= 0.6 is 0 Å². The molecule has 5 heteroatoms. The number of hydrogen-bond donors (Lipinski definition) is 1. The van der Waals surface area contributed by atoms with Crippen molar-refractivity contribution in [3.05, 3.63) is 83.2 Å². The Morgan fingerprint density at radius 3 is 2.32 bits per heavy atom. The lowest BCUT2D eigenvalue weighted by Crippen LogP contribution is -2.17. The Morgan fingerprint density at radius 1 is 0.960 bits per heavy atom. The van der Waals surface area contributed by atoms with E-state index in [4.69, 9.17) is 9.47 Å². The second-order valence-electron chi connectivity index (χ2n) is 5.91. The Balaban J connectivity index is 1.57. The van der Waals surface area contributed by atoms with E-state index in [0.717, 1.165) is 11.1 Å². The number of hydrogen-bond acceptors (Lipinski definition) is 5. The minimum atomic E-state index is -0.0912. The van der Waals surface area contributed by atoms with E-state index in [1.807, 2.05) is 60.7 Å². The molecule has 0 spiro atoms. The fourth-order valence-corrected chi connectivity index (χ4v) is 2.97. The molecular weight excluding hydrogens is 314 g/mol. The van der Waals surface area contributed by atoms with E-state index in [-0.39, 0.29) is 12.1 Å². The summed E-state index contributed by atoms with van der Waals surface area (Å²) in [6.45, 7) is 0.903. The van der Waals surface area contributed by atoms with Crippen LogP contribution in [0.1, 0.15) is 23.2 Å². The average Bonchev–Trinajstić information content (AvgIpc) is 3.35. The van der Waals surface area contributed by atoms with E-state index < -0.39 is 0 Å². The second-order valence-corrected chi connectivity index (χ2v) is 5.91. The van der Waals surface area contributed by atoms with E-state index in [0.29, 0.717) is 30.6 Å². The predicted octanol–water partition coefficient (Wildman–Crippen LogP) is 3.25. The van der Waals surface area contributed by atoms with E-state index in [2.05, 4.69) is 16.4 Å². The van der Waals surface area contributed by atoms with Gasteiger partial charge in [0.2, 0.25) is 11.8 Å². The number of nitrogens with one attached hydrogen (secondary N) is 1. The van der Waals surface area contributed by atoms with Crippen LogP contribution in [0.3, 0.4) is 0 Å². The number of benzene rings is 2. The van der Waals surface area contributed by atoms with Crippen molar-refractivity contribution in [2.75, 3.05) is 13.2 Å². The van der Waals surface area contributed by atoms with Crippen LogP contribution < -0.4 is 5.32 Å². The van der Waals surface area contributed by atoms with Crippen LogP contribution in [0.15, 0.2) is 77.1 Å². The fourth-order valence-electron chi connectivity index (χ4n) is 2.97. The van der Waals surface area contributed by atoms with Gasteiger partial charge >= 0.3 is 0 Å². The van der Waals surface area contributed by atoms with E-state index in [1.165, 1.54) is 0 Å². The standard InChI is InChI=1S/C20H17N3O2/c21-11-16(19-22-17(12-24-19)14-7-3-1-4-8-14)20-23-18(13-25-20)15-9-5-2-6-10-15/h1-10,17-18,22H,12-13H2/b19-16+. The predicted molar refractivity (Wildman–Crippen MR) is 93.5 cm³/mol. The SMILES string of the molecule is N#C/C(C1=NC(c2ccccc2)CO1)=C1/NC(c2ccccc2)CO1. The number of rotatable bonds is 3. The van der Waals surface area contributed by atoms with E-state index in [9.17, 15) is 5.26 Å². The zero-order chi connectivity index (χ0) is 17.1. The fraction of sp³-hybridized carbons (Fsp3) is 0.200. The summed E-state index contributed by atoms with van der Waals surface area (Å²) >= 11 is 0. The molecule has 2 unspecified atom stereocenters. The highest BCUT2D eigenvalue weighted by molar-refractivity contribution is 5.98. The third kappa shape index (κ3) is 3.07. The van der Waals surface area contributed by atoms with Gasteiger partial charge in [-0.2, -0.15) is 5.26 Å². The van der Waals surface area contributed by atoms with Gasteiger partial charge in [-0.15, -0.1) is 0 Å². The summed E-state index contributed by atoms with van der Waals surface area (Å²) in [6, 6.07) is 22.0. The van der Waals surface area contributed by atoms with Crippen molar-refractivity contribution in [3.63, 3.8) is 0 Å². The topological polar surface area (TPSA) is 66.6 Å². The van der Waals surface area contributed by atoms with Crippen molar-refractivity contribution < 1.29 is 9.47 Å². The summed E-state index contributed by atoms with van der Waals surface area (Å²) in [5.41, 5.74) is 2.50. The van der Waals surface area contributed by atoms with Gasteiger partial charge in [0.15, 0.2) is 5.57 Å². The Bertz CT molecular complexity index is 854.